The summed E-state index contributed by atoms with van der Waals surface area (Å²) in [6, 6.07) is 20.8. The van der Waals surface area contributed by atoms with Gasteiger partial charge in [-0.05, 0) is 28.5 Å². The Hall–Kier alpha value is -4.66. The van der Waals surface area contributed by atoms with Crippen molar-refractivity contribution in [3.63, 3.8) is 0 Å². The summed E-state index contributed by atoms with van der Waals surface area (Å²) in [4.78, 5) is 30.1. The summed E-state index contributed by atoms with van der Waals surface area (Å²) in [6.07, 6.45) is 1.47. The second-order valence-corrected chi connectivity index (χ2v) is 7.97. The molecule has 0 saturated carbocycles. The van der Waals surface area contributed by atoms with Crippen LogP contribution < -0.4 is 16.7 Å². The number of rotatable bonds is 5. The monoisotopic (exact) mass is 454 g/mol. The summed E-state index contributed by atoms with van der Waals surface area (Å²) in [5, 5.41) is 16.3. The quantitative estimate of drug-likeness (QED) is 0.314. The molecule has 5 aromatic rings. The normalized spacial score (nSPS) is 11.6. The van der Waals surface area contributed by atoms with Crippen molar-refractivity contribution >= 4 is 34.1 Å². The van der Waals surface area contributed by atoms with E-state index in [2.05, 4.69) is 15.5 Å². The van der Waals surface area contributed by atoms with E-state index in [0.717, 1.165) is 20.9 Å². The van der Waals surface area contributed by atoms with Crippen molar-refractivity contribution in [3.05, 3.63) is 98.7 Å². The van der Waals surface area contributed by atoms with Gasteiger partial charge in [0.1, 0.15) is 5.75 Å². The summed E-state index contributed by atoms with van der Waals surface area (Å²) in [5.74, 6) is 0.390. The fraction of sp³-hybridized carbons (Fsp3) is 0.120. The van der Waals surface area contributed by atoms with E-state index in [1.807, 2.05) is 42.5 Å². The number of imidazole rings is 1. The molecule has 2 aromatic heterocycles. The summed E-state index contributed by atoms with van der Waals surface area (Å²) >= 11 is 0. The number of hydrogen-bond donors (Lipinski definition) is 2. The molecule has 2 heterocycles. The number of aromatic hydroxyl groups is 1. The molecular formula is C25H22N6O3. The van der Waals surface area contributed by atoms with E-state index in [4.69, 9.17) is 0 Å². The molecule has 170 valence electrons. The third kappa shape index (κ3) is 3.53. The van der Waals surface area contributed by atoms with Crippen LogP contribution in [0, 0.1) is 0 Å². The van der Waals surface area contributed by atoms with Gasteiger partial charge < -0.3 is 5.11 Å². The zero-order valence-corrected chi connectivity index (χ0v) is 18.6. The predicted octanol–water partition coefficient (Wildman–Crippen LogP) is 2.79. The van der Waals surface area contributed by atoms with Crippen molar-refractivity contribution in [2.24, 2.45) is 19.2 Å². The molecule has 0 aliphatic heterocycles. The van der Waals surface area contributed by atoms with Crippen LogP contribution in [0.2, 0.25) is 0 Å². The number of fused-ring (bicyclic) bond motifs is 2. The molecule has 2 N–H and O–H groups in total. The Balaban J connectivity index is 1.67. The average Bonchev–Trinajstić information content (AvgIpc) is 3.21. The third-order valence-corrected chi connectivity index (χ3v) is 5.86. The molecular weight excluding hydrogens is 432 g/mol. The largest absolute Gasteiger partial charge is 0.507 e. The van der Waals surface area contributed by atoms with Gasteiger partial charge in [-0.25, -0.2) is 10.2 Å². The first kappa shape index (κ1) is 21.2. The molecule has 0 atom stereocenters. The lowest BCUT2D eigenvalue weighted by Crippen LogP contribution is -2.37. The molecule has 9 nitrogen and oxygen atoms in total. The number of anilines is 1. The predicted molar refractivity (Wildman–Crippen MR) is 133 cm³/mol. The summed E-state index contributed by atoms with van der Waals surface area (Å²) in [7, 11) is 3.03. The lowest BCUT2D eigenvalue weighted by atomic mass is 10.0. The summed E-state index contributed by atoms with van der Waals surface area (Å²) in [5.41, 5.74) is 4.04. The minimum atomic E-state index is -0.462. The molecule has 0 saturated heterocycles. The van der Waals surface area contributed by atoms with Gasteiger partial charge in [-0.15, -0.1) is 0 Å². The van der Waals surface area contributed by atoms with Gasteiger partial charge in [0, 0.05) is 19.7 Å². The molecule has 0 fully saturated rings. The van der Waals surface area contributed by atoms with Crippen LogP contribution in [0.15, 0.2) is 81.4 Å². The number of phenols is 1. The van der Waals surface area contributed by atoms with Crippen molar-refractivity contribution in [2.45, 2.75) is 6.54 Å². The molecule has 0 aliphatic rings. The van der Waals surface area contributed by atoms with E-state index in [9.17, 15) is 14.7 Å². The number of hydrogen-bond acceptors (Lipinski definition) is 6. The van der Waals surface area contributed by atoms with Gasteiger partial charge in [-0.1, -0.05) is 54.6 Å². The van der Waals surface area contributed by atoms with Gasteiger partial charge >= 0.3 is 5.69 Å². The van der Waals surface area contributed by atoms with E-state index in [-0.39, 0.29) is 16.9 Å². The fourth-order valence-electron chi connectivity index (χ4n) is 4.04. The smallest absolute Gasteiger partial charge is 0.332 e. The van der Waals surface area contributed by atoms with Crippen molar-refractivity contribution in [1.29, 1.82) is 0 Å². The Labute approximate surface area is 193 Å². The van der Waals surface area contributed by atoms with E-state index >= 15 is 0 Å². The number of hydrazone groups is 1. The topological polar surface area (TPSA) is 106 Å². The number of para-hydroxylation sites is 1. The SMILES string of the molecule is Cn1c(=O)c2c(nc(NN=Cc3ccccc3O)n2Cc2cccc3ccccc23)n(C)c1=O. The fourth-order valence-corrected chi connectivity index (χ4v) is 4.04. The highest BCUT2D eigenvalue weighted by molar-refractivity contribution is 5.86. The molecule has 5 rings (SSSR count). The second kappa shape index (κ2) is 8.36. The van der Waals surface area contributed by atoms with Crippen LogP contribution in [0.5, 0.6) is 5.75 Å². The van der Waals surface area contributed by atoms with Gasteiger partial charge in [-0.3, -0.25) is 18.5 Å². The highest BCUT2D eigenvalue weighted by Crippen LogP contribution is 2.23. The molecule has 3 aromatic carbocycles. The molecule has 0 bridgehead atoms. The van der Waals surface area contributed by atoms with Gasteiger partial charge in [-0.2, -0.15) is 10.1 Å². The maximum Gasteiger partial charge on any atom is 0.332 e. The number of phenolic OH excluding ortho intramolecular Hbond substituents is 1. The molecule has 0 unspecified atom stereocenters. The maximum atomic E-state index is 13.1. The Bertz CT molecular complexity index is 1690. The summed E-state index contributed by atoms with van der Waals surface area (Å²) in [6.45, 7) is 0.333. The van der Waals surface area contributed by atoms with Crippen LogP contribution in [0.3, 0.4) is 0 Å². The molecule has 0 spiro atoms. The molecule has 0 aliphatic carbocycles. The Morgan fingerprint density at radius 1 is 0.971 bits per heavy atom. The van der Waals surface area contributed by atoms with Crippen LogP contribution in [0.4, 0.5) is 5.95 Å². The van der Waals surface area contributed by atoms with Gasteiger partial charge in [0.25, 0.3) is 5.56 Å². The van der Waals surface area contributed by atoms with E-state index in [0.29, 0.717) is 18.1 Å². The Kier molecular flexibility index (Phi) is 5.21. The lowest BCUT2D eigenvalue weighted by Gasteiger charge is -2.11. The number of aromatic nitrogens is 4. The molecule has 9 heteroatoms. The first-order valence-electron chi connectivity index (χ1n) is 10.7. The zero-order chi connectivity index (χ0) is 23.8. The van der Waals surface area contributed by atoms with Crippen molar-refractivity contribution < 1.29 is 5.11 Å². The standard InChI is InChI=1S/C25H22N6O3/c1-29-22-21(23(33)30(2)25(29)34)31(15-18-11-7-10-16-8-3-5-12-19(16)18)24(27-22)28-26-14-17-9-4-6-13-20(17)32/h3-14,32H,15H2,1-2H3,(H,27,28). The van der Waals surface area contributed by atoms with Crippen molar-refractivity contribution in [2.75, 3.05) is 5.43 Å². The van der Waals surface area contributed by atoms with Crippen LogP contribution in [0.25, 0.3) is 21.9 Å². The molecule has 0 amide bonds. The van der Waals surface area contributed by atoms with E-state index in [1.54, 1.807) is 35.9 Å². The maximum absolute atomic E-state index is 13.1. The van der Waals surface area contributed by atoms with E-state index in [1.165, 1.54) is 17.8 Å². The minimum absolute atomic E-state index is 0.0913. The summed E-state index contributed by atoms with van der Waals surface area (Å²) < 4.78 is 4.13. The Morgan fingerprint density at radius 3 is 2.53 bits per heavy atom. The first-order chi connectivity index (χ1) is 16.5. The molecule has 34 heavy (non-hydrogen) atoms. The Morgan fingerprint density at radius 2 is 1.71 bits per heavy atom. The van der Waals surface area contributed by atoms with E-state index < -0.39 is 11.2 Å². The highest BCUT2D eigenvalue weighted by atomic mass is 16.3. The van der Waals surface area contributed by atoms with Gasteiger partial charge in [0.05, 0.1) is 12.8 Å². The first-order valence-corrected chi connectivity index (χ1v) is 10.7. The van der Waals surface area contributed by atoms with Crippen LogP contribution >= 0.6 is 0 Å². The number of benzene rings is 3. The number of nitrogens with zero attached hydrogens (tertiary/aromatic N) is 5. The number of aryl methyl sites for hydroxylation is 1. The van der Waals surface area contributed by atoms with Gasteiger partial charge in [0.15, 0.2) is 11.2 Å². The van der Waals surface area contributed by atoms with Crippen molar-refractivity contribution in [1.82, 2.24) is 18.7 Å². The lowest BCUT2D eigenvalue weighted by molar-refractivity contribution is 0.474. The van der Waals surface area contributed by atoms with Crippen LogP contribution in [-0.2, 0) is 20.6 Å². The second-order valence-electron chi connectivity index (χ2n) is 7.97. The highest BCUT2D eigenvalue weighted by Gasteiger charge is 2.19. The van der Waals surface area contributed by atoms with Crippen LogP contribution in [-0.4, -0.2) is 30.0 Å². The van der Waals surface area contributed by atoms with Crippen LogP contribution in [0.1, 0.15) is 11.1 Å². The van der Waals surface area contributed by atoms with Gasteiger partial charge in [0.2, 0.25) is 5.95 Å². The van der Waals surface area contributed by atoms with Crippen molar-refractivity contribution in [3.8, 4) is 5.75 Å². The minimum Gasteiger partial charge on any atom is -0.507 e. The average molecular weight is 454 g/mol. The third-order valence-electron chi connectivity index (χ3n) is 5.86. The zero-order valence-electron chi connectivity index (χ0n) is 18.6. The molecule has 0 radical (unpaired) electrons. The number of nitrogens with one attached hydrogen (secondary N) is 1.